The molecule has 0 atom stereocenters. The number of thiocarbonyl (C=S) groups is 2. The standard InChI is InChI=1S/2C4H8O2.C4H8OS.C3H8O2.2C3H8OS.C3H6OS.4C3H8S/c2*1-3-4(5)6-2;1-3-4(6)5-2;3*1-4-3-5-2;1-3(5)4-2;3*1-3-4-2;1-2-3-4/h3*3H2,1-2H3;3*3H2,1-2H3;1-2H3;3*3H2,1-2H3;4H,2-3H2,1H3. The lowest BCUT2D eigenvalue weighted by Gasteiger charge is -1.91. The highest BCUT2D eigenvalue weighted by Crippen LogP contribution is 1.87. The van der Waals surface area contributed by atoms with Gasteiger partial charge in [-0.05, 0) is 85.1 Å². The van der Waals surface area contributed by atoms with Crippen LogP contribution in [0.1, 0.15) is 81.1 Å². The number of carbonyl (C=O) groups is 2. The van der Waals surface area contributed by atoms with Gasteiger partial charge < -0.3 is 37.9 Å². The third-order valence-electron chi connectivity index (χ3n) is 3.63. The Morgan fingerprint density at radius 3 is 0.759 bits per heavy atom. The first-order chi connectivity index (χ1) is 25.6. The molecule has 0 aliphatic heterocycles. The molecule has 18 heteroatoms. The second-order valence-electron chi connectivity index (χ2n) is 8.03. The summed E-state index contributed by atoms with van der Waals surface area (Å²) in [5, 5.41) is 1.26. The van der Waals surface area contributed by atoms with Crippen LogP contribution < -0.4 is 0 Å². The van der Waals surface area contributed by atoms with Crippen LogP contribution in [0.4, 0.5) is 0 Å². The van der Waals surface area contributed by atoms with Crippen LogP contribution in [0.15, 0.2) is 0 Å². The summed E-state index contributed by atoms with van der Waals surface area (Å²) in [4.78, 5) is 19.9. The third-order valence-corrected chi connectivity index (χ3v) is 7.38. The number of thioether (sulfide) groups is 5. The van der Waals surface area contributed by atoms with Crippen LogP contribution in [0.5, 0.6) is 0 Å². The maximum absolute atomic E-state index is 9.96. The van der Waals surface area contributed by atoms with E-state index in [1.165, 1.54) is 37.9 Å². The van der Waals surface area contributed by atoms with E-state index in [2.05, 4.69) is 121 Å². The number of ether oxygens (including phenoxy) is 8. The van der Waals surface area contributed by atoms with Crippen LogP contribution in [0.3, 0.4) is 0 Å². The van der Waals surface area contributed by atoms with Gasteiger partial charge in [0.1, 0.15) is 6.79 Å². The molecular formula is C36H86O10S8. The number of methoxy groups -OCH3 is 8. The van der Waals surface area contributed by atoms with E-state index in [0.717, 1.165) is 24.1 Å². The lowest BCUT2D eigenvalue weighted by atomic mass is 10.5. The number of carbonyl (C=O) groups excluding carboxylic acids is 2. The molecular weight excluding hydrogens is 849 g/mol. The molecule has 338 valence electrons. The Bertz CT molecular complexity index is 487. The fraction of sp³-hybridized carbons (Fsp3) is 0.889. The lowest BCUT2D eigenvalue weighted by molar-refractivity contribution is -0.141. The number of hydrogen-bond acceptors (Lipinski definition) is 18. The molecule has 0 aromatic rings. The molecule has 0 saturated heterocycles. The van der Waals surface area contributed by atoms with E-state index < -0.39 is 0 Å². The predicted molar refractivity (Wildman–Crippen MR) is 266 cm³/mol. The quantitative estimate of drug-likeness (QED) is 0.0818. The number of hydrogen-bond donors (Lipinski definition) is 1. The minimum Gasteiger partial charge on any atom is -0.491 e. The van der Waals surface area contributed by atoms with Gasteiger partial charge in [0.25, 0.3) is 0 Å². The van der Waals surface area contributed by atoms with E-state index in [-0.39, 0.29) is 11.9 Å². The zero-order valence-electron chi connectivity index (χ0n) is 38.2. The summed E-state index contributed by atoms with van der Waals surface area (Å²) in [6.07, 6.45) is 13.3. The second-order valence-corrected chi connectivity index (χ2v) is 14.6. The molecule has 54 heavy (non-hydrogen) atoms. The SMILES string of the molecule is CCC(=O)OC.CCC(=O)OC.CCC(=S)OC.CCCS.CCSC.CCSC.CCSC.COC(C)=S.COCOC.COCSC.COCSC. The van der Waals surface area contributed by atoms with Crippen molar-refractivity contribution >= 4 is 118 Å². The Balaban J connectivity index is -0.0000000420. The van der Waals surface area contributed by atoms with Crippen molar-refractivity contribution in [2.75, 3.05) is 130 Å². The highest BCUT2D eigenvalue weighted by molar-refractivity contribution is 7.99. The van der Waals surface area contributed by atoms with Crippen LogP contribution in [-0.2, 0) is 47.5 Å². The Morgan fingerprint density at radius 2 is 0.759 bits per heavy atom. The Hall–Kier alpha value is 0.660. The molecule has 0 radical (unpaired) electrons. The van der Waals surface area contributed by atoms with E-state index in [0.29, 0.717) is 29.7 Å². The average molecular weight is 936 g/mol. The van der Waals surface area contributed by atoms with E-state index >= 15 is 0 Å². The summed E-state index contributed by atoms with van der Waals surface area (Å²) >= 11 is 22.0. The summed E-state index contributed by atoms with van der Waals surface area (Å²) in [7, 11) is 12.5. The summed E-state index contributed by atoms with van der Waals surface area (Å²) < 4.78 is 35.9. The maximum Gasteiger partial charge on any atom is 0.305 e. The molecule has 0 heterocycles. The summed E-state index contributed by atoms with van der Waals surface area (Å²) in [6.45, 7) is 16.1. The third kappa shape index (κ3) is 231. The van der Waals surface area contributed by atoms with Gasteiger partial charge in [0.2, 0.25) is 0 Å². The normalized spacial score (nSPS) is 7.74. The molecule has 10 nitrogen and oxygen atoms in total. The minimum atomic E-state index is -0.157. The van der Waals surface area contributed by atoms with Crippen molar-refractivity contribution in [3.63, 3.8) is 0 Å². The summed E-state index contributed by atoms with van der Waals surface area (Å²) in [5.74, 6) is 6.02. The molecule has 0 aromatic heterocycles. The van der Waals surface area contributed by atoms with Gasteiger partial charge in [0.15, 0.2) is 10.1 Å². The molecule has 0 aliphatic carbocycles. The van der Waals surface area contributed by atoms with Gasteiger partial charge in [-0.3, -0.25) is 9.59 Å². The summed E-state index contributed by atoms with van der Waals surface area (Å²) in [5.41, 5.74) is 0. The van der Waals surface area contributed by atoms with Gasteiger partial charge in [-0.25, -0.2) is 0 Å². The Kier molecular flexibility index (Phi) is 169. The number of thiol groups is 1. The van der Waals surface area contributed by atoms with E-state index in [4.69, 9.17) is 0 Å². The van der Waals surface area contributed by atoms with Gasteiger partial charge >= 0.3 is 11.9 Å². The van der Waals surface area contributed by atoms with Crippen molar-refractivity contribution in [1.82, 2.24) is 0 Å². The maximum atomic E-state index is 9.96. The van der Waals surface area contributed by atoms with E-state index in [9.17, 15) is 9.59 Å². The van der Waals surface area contributed by atoms with Crippen molar-refractivity contribution in [3.05, 3.63) is 0 Å². The average Bonchev–Trinajstić information content (AvgIpc) is 3.22. The smallest absolute Gasteiger partial charge is 0.305 e. The highest BCUT2D eigenvalue weighted by Gasteiger charge is 1.88. The molecule has 0 fully saturated rings. The molecule has 0 aromatic carbocycles. The van der Waals surface area contributed by atoms with Crippen molar-refractivity contribution in [1.29, 1.82) is 0 Å². The molecule has 0 N–H and O–H groups in total. The number of rotatable bonds is 13. The molecule has 0 unspecified atom stereocenters. The predicted octanol–water partition coefficient (Wildman–Crippen LogP) is 11.1. The van der Waals surface area contributed by atoms with Gasteiger partial charge in [-0.15, -0.1) is 23.5 Å². The van der Waals surface area contributed by atoms with Gasteiger partial charge in [-0.1, -0.05) is 48.5 Å². The molecule has 0 rings (SSSR count). The first-order valence-electron chi connectivity index (χ1n) is 16.9. The monoisotopic (exact) mass is 934 g/mol. The highest BCUT2D eigenvalue weighted by atomic mass is 32.2. The summed E-state index contributed by atoms with van der Waals surface area (Å²) in [6, 6.07) is 0. The van der Waals surface area contributed by atoms with Crippen molar-refractivity contribution < 1.29 is 47.5 Å². The van der Waals surface area contributed by atoms with Gasteiger partial charge in [0.05, 0.1) is 40.3 Å². The van der Waals surface area contributed by atoms with Crippen LogP contribution >= 0.6 is 95.9 Å². The Morgan fingerprint density at radius 1 is 0.500 bits per heavy atom. The van der Waals surface area contributed by atoms with Crippen molar-refractivity contribution in [3.8, 4) is 0 Å². The first kappa shape index (κ1) is 82.6. The second kappa shape index (κ2) is 111. The Labute approximate surface area is 373 Å². The molecule has 0 aliphatic rings. The molecule has 0 bridgehead atoms. The molecule has 0 amide bonds. The van der Waals surface area contributed by atoms with Crippen molar-refractivity contribution in [2.24, 2.45) is 0 Å². The van der Waals surface area contributed by atoms with E-state index in [1.807, 2.05) is 54.7 Å². The van der Waals surface area contributed by atoms with Crippen LogP contribution in [0, 0.1) is 0 Å². The first-order valence-corrected chi connectivity index (χ1v) is 25.3. The van der Waals surface area contributed by atoms with Crippen LogP contribution in [0.2, 0.25) is 0 Å². The molecule has 0 saturated carbocycles. The zero-order valence-corrected chi connectivity index (χ0v) is 44.8. The minimum absolute atomic E-state index is 0.157. The van der Waals surface area contributed by atoms with Crippen LogP contribution in [0.25, 0.3) is 0 Å². The van der Waals surface area contributed by atoms with Crippen molar-refractivity contribution in [2.45, 2.75) is 81.1 Å². The fourth-order valence-electron chi connectivity index (χ4n) is 0.787. The fourth-order valence-corrected chi connectivity index (χ4v) is 1.26. The largest absolute Gasteiger partial charge is 0.491 e. The topological polar surface area (TPSA) is 108 Å². The van der Waals surface area contributed by atoms with Gasteiger partial charge in [0, 0.05) is 54.6 Å². The zero-order chi connectivity index (χ0) is 45.3. The van der Waals surface area contributed by atoms with E-state index in [1.54, 1.807) is 87.0 Å². The lowest BCUT2D eigenvalue weighted by Crippen LogP contribution is -1.94. The van der Waals surface area contributed by atoms with Gasteiger partial charge in [-0.2, -0.15) is 47.9 Å². The number of esters is 2. The molecule has 0 spiro atoms. The van der Waals surface area contributed by atoms with Crippen LogP contribution in [-0.4, -0.2) is 152 Å².